The van der Waals surface area contributed by atoms with Crippen molar-refractivity contribution < 1.29 is 8.42 Å². The van der Waals surface area contributed by atoms with Gasteiger partial charge in [-0.1, -0.05) is 0 Å². The molecule has 0 aromatic carbocycles. The van der Waals surface area contributed by atoms with E-state index in [2.05, 4.69) is 19.8 Å². The lowest BCUT2D eigenvalue weighted by atomic mass is 10.4. The molecule has 10 heteroatoms. The molecule has 0 bridgehead atoms. The maximum absolute atomic E-state index is 11.6. The van der Waals surface area contributed by atoms with E-state index in [1.807, 2.05) is 0 Å². The lowest BCUT2D eigenvalue weighted by molar-refractivity contribution is 0.602. The SMILES string of the molecule is Cn1cnc(CCNc2snc(N)c2S(C)(=O)=O)n1. The molecule has 2 rings (SSSR count). The van der Waals surface area contributed by atoms with Crippen LogP contribution >= 0.6 is 11.5 Å². The van der Waals surface area contributed by atoms with Gasteiger partial charge < -0.3 is 11.1 Å². The molecule has 0 saturated carbocycles. The summed E-state index contributed by atoms with van der Waals surface area (Å²) in [6.07, 6.45) is 3.31. The fraction of sp³-hybridized carbons (Fsp3) is 0.444. The molecule has 0 saturated heterocycles. The molecule has 0 spiro atoms. The van der Waals surface area contributed by atoms with Crippen molar-refractivity contribution in [3.8, 4) is 0 Å². The van der Waals surface area contributed by atoms with E-state index >= 15 is 0 Å². The quantitative estimate of drug-likeness (QED) is 0.793. The lowest BCUT2D eigenvalue weighted by Gasteiger charge is -2.04. The molecule has 0 aliphatic heterocycles. The third kappa shape index (κ3) is 3.20. The number of hydrogen-bond acceptors (Lipinski definition) is 8. The summed E-state index contributed by atoms with van der Waals surface area (Å²) in [7, 11) is -1.60. The number of nitrogens with zero attached hydrogens (tertiary/aromatic N) is 4. The average molecular weight is 302 g/mol. The highest BCUT2D eigenvalue weighted by Gasteiger charge is 2.20. The van der Waals surface area contributed by atoms with Crippen molar-refractivity contribution >= 4 is 32.2 Å². The first-order valence-corrected chi connectivity index (χ1v) is 8.08. The van der Waals surface area contributed by atoms with Crippen molar-refractivity contribution in [2.45, 2.75) is 11.3 Å². The van der Waals surface area contributed by atoms with Crippen molar-refractivity contribution in [3.63, 3.8) is 0 Å². The van der Waals surface area contributed by atoms with Crippen LogP contribution in [0.3, 0.4) is 0 Å². The number of nitrogens with two attached hydrogens (primary N) is 1. The van der Waals surface area contributed by atoms with Gasteiger partial charge in [0.2, 0.25) is 0 Å². The van der Waals surface area contributed by atoms with Crippen LogP contribution in [0.15, 0.2) is 11.2 Å². The number of sulfone groups is 1. The molecule has 0 aliphatic rings. The Kier molecular flexibility index (Phi) is 3.71. The van der Waals surface area contributed by atoms with Crippen molar-refractivity contribution in [2.75, 3.05) is 23.9 Å². The van der Waals surface area contributed by atoms with Crippen LogP contribution in [-0.4, -0.2) is 40.4 Å². The van der Waals surface area contributed by atoms with Crippen LogP contribution in [0.4, 0.5) is 10.8 Å². The van der Waals surface area contributed by atoms with E-state index in [1.54, 1.807) is 18.1 Å². The van der Waals surface area contributed by atoms with Crippen LogP contribution in [0.5, 0.6) is 0 Å². The molecule has 0 fully saturated rings. The van der Waals surface area contributed by atoms with E-state index in [9.17, 15) is 8.42 Å². The second kappa shape index (κ2) is 5.13. The van der Waals surface area contributed by atoms with Crippen molar-refractivity contribution in [2.24, 2.45) is 7.05 Å². The third-order valence-electron chi connectivity index (χ3n) is 2.33. The van der Waals surface area contributed by atoms with Gasteiger partial charge in [0, 0.05) is 26.3 Å². The Morgan fingerprint density at radius 1 is 1.53 bits per heavy atom. The molecule has 3 N–H and O–H groups in total. The summed E-state index contributed by atoms with van der Waals surface area (Å²) in [5, 5.41) is 7.59. The molecule has 0 amide bonds. The van der Waals surface area contributed by atoms with Crippen LogP contribution in [-0.2, 0) is 23.3 Å². The van der Waals surface area contributed by atoms with E-state index in [0.717, 1.165) is 17.8 Å². The Hall–Kier alpha value is -1.68. The standard InChI is InChI=1S/C9H14N6O2S2/c1-15-5-12-6(13-15)3-4-11-9-7(19(2,16)17)8(10)14-18-9/h5,11H,3-4H2,1-2H3,(H2,10,14). The minimum atomic E-state index is -3.39. The molecule has 8 nitrogen and oxygen atoms in total. The predicted molar refractivity (Wildman–Crippen MR) is 72.8 cm³/mol. The number of rotatable bonds is 5. The minimum absolute atomic E-state index is 0.0333. The van der Waals surface area contributed by atoms with Gasteiger partial charge in [-0.15, -0.1) is 0 Å². The first-order valence-electron chi connectivity index (χ1n) is 5.41. The zero-order valence-electron chi connectivity index (χ0n) is 10.5. The van der Waals surface area contributed by atoms with E-state index in [1.165, 1.54) is 0 Å². The number of nitrogen functional groups attached to an aromatic ring is 1. The summed E-state index contributed by atoms with van der Waals surface area (Å²) < 4.78 is 28.6. The first-order chi connectivity index (χ1) is 8.88. The molecular weight excluding hydrogens is 288 g/mol. The van der Waals surface area contributed by atoms with Crippen LogP contribution < -0.4 is 11.1 Å². The Labute approximate surface area is 114 Å². The number of hydrogen-bond donors (Lipinski definition) is 2. The number of aromatic nitrogens is 4. The Morgan fingerprint density at radius 3 is 2.84 bits per heavy atom. The van der Waals surface area contributed by atoms with E-state index in [4.69, 9.17) is 5.73 Å². The lowest BCUT2D eigenvalue weighted by Crippen LogP contribution is -2.09. The van der Waals surface area contributed by atoms with Gasteiger partial charge in [0.05, 0.1) is 0 Å². The van der Waals surface area contributed by atoms with Gasteiger partial charge in [0.15, 0.2) is 21.5 Å². The Bertz CT molecular complexity index is 675. The Balaban J connectivity index is 2.04. The second-order valence-electron chi connectivity index (χ2n) is 4.01. The zero-order valence-corrected chi connectivity index (χ0v) is 12.1. The Morgan fingerprint density at radius 2 is 2.26 bits per heavy atom. The van der Waals surface area contributed by atoms with Crippen LogP contribution in [0.2, 0.25) is 0 Å². The smallest absolute Gasteiger partial charge is 0.182 e. The molecule has 0 radical (unpaired) electrons. The topological polar surface area (TPSA) is 116 Å². The molecule has 104 valence electrons. The van der Waals surface area contributed by atoms with Gasteiger partial charge in [-0.25, -0.2) is 13.4 Å². The molecule has 2 aromatic heterocycles. The summed E-state index contributed by atoms with van der Waals surface area (Å²) in [6.45, 7) is 0.508. The van der Waals surface area contributed by atoms with Gasteiger partial charge in [-0.05, 0) is 11.5 Å². The van der Waals surface area contributed by atoms with E-state index in [0.29, 0.717) is 23.8 Å². The molecular formula is C9H14N6O2S2. The zero-order chi connectivity index (χ0) is 14.0. The van der Waals surface area contributed by atoms with Gasteiger partial charge in [-0.2, -0.15) is 9.47 Å². The molecule has 2 heterocycles. The average Bonchev–Trinajstić information content (AvgIpc) is 2.85. The highest BCUT2D eigenvalue weighted by atomic mass is 32.2. The largest absolute Gasteiger partial charge is 0.382 e. The fourth-order valence-electron chi connectivity index (χ4n) is 1.55. The number of anilines is 2. The minimum Gasteiger partial charge on any atom is -0.382 e. The molecule has 0 aliphatic carbocycles. The molecule has 0 unspecified atom stereocenters. The summed E-state index contributed by atoms with van der Waals surface area (Å²) >= 11 is 1.03. The summed E-state index contributed by atoms with van der Waals surface area (Å²) in [6, 6.07) is 0. The fourth-order valence-corrected chi connectivity index (χ4v) is 3.64. The van der Waals surface area contributed by atoms with Crippen LogP contribution in [0.1, 0.15) is 5.82 Å². The number of nitrogens with one attached hydrogen (secondary N) is 1. The van der Waals surface area contributed by atoms with E-state index in [-0.39, 0.29) is 10.7 Å². The maximum Gasteiger partial charge on any atom is 0.182 e. The number of aryl methyl sites for hydroxylation is 1. The molecule has 2 aromatic rings. The van der Waals surface area contributed by atoms with Gasteiger partial charge >= 0.3 is 0 Å². The molecule has 19 heavy (non-hydrogen) atoms. The normalized spacial score (nSPS) is 11.7. The summed E-state index contributed by atoms with van der Waals surface area (Å²) in [5.74, 6) is 0.722. The maximum atomic E-state index is 11.6. The van der Waals surface area contributed by atoms with Gasteiger partial charge in [0.25, 0.3) is 0 Å². The summed E-state index contributed by atoms with van der Waals surface area (Å²) in [5.41, 5.74) is 5.57. The third-order valence-corrected chi connectivity index (χ3v) is 4.43. The molecule has 0 atom stereocenters. The second-order valence-corrected chi connectivity index (χ2v) is 6.74. The van der Waals surface area contributed by atoms with Gasteiger partial charge in [-0.3, -0.25) is 4.68 Å². The van der Waals surface area contributed by atoms with E-state index < -0.39 is 9.84 Å². The van der Waals surface area contributed by atoms with Crippen LogP contribution in [0.25, 0.3) is 0 Å². The van der Waals surface area contributed by atoms with Crippen molar-refractivity contribution in [1.29, 1.82) is 0 Å². The first kappa shape index (κ1) is 13.7. The van der Waals surface area contributed by atoms with Gasteiger partial charge in [0.1, 0.15) is 16.2 Å². The highest BCUT2D eigenvalue weighted by molar-refractivity contribution is 7.91. The van der Waals surface area contributed by atoms with Crippen molar-refractivity contribution in [3.05, 3.63) is 12.2 Å². The summed E-state index contributed by atoms with van der Waals surface area (Å²) in [4.78, 5) is 4.14. The van der Waals surface area contributed by atoms with Crippen molar-refractivity contribution in [1.82, 2.24) is 19.1 Å². The monoisotopic (exact) mass is 302 g/mol. The highest BCUT2D eigenvalue weighted by Crippen LogP contribution is 2.30. The predicted octanol–water partition coefficient (Wildman–Crippen LogP) is -0.0881. The van der Waals surface area contributed by atoms with Crippen LogP contribution in [0, 0.1) is 0 Å².